The number of carboxylic acid groups (broad SMARTS) is 1. The third kappa shape index (κ3) is 4.09. The smallest absolute Gasteiger partial charge is 0.326 e. The molecule has 2 atom stereocenters. The molecule has 1 amide bonds. The Labute approximate surface area is 132 Å². The standard InChI is InChI=1S/C14H15Cl2NO4/c15-9-3-1-4-10(16)8(9)7-11(14(19)20)17-13(18)12-5-2-6-21-12/h1,3-4,11-12H,2,5-7H2,(H,17,18)(H,19,20)/t11-,12+/m1/s1. The molecule has 21 heavy (non-hydrogen) atoms. The molecular formula is C14H15Cl2NO4. The Kier molecular flexibility index (Phi) is 5.45. The van der Waals surface area contributed by atoms with Crippen LogP contribution in [-0.4, -0.2) is 35.7 Å². The second-order valence-corrected chi connectivity index (χ2v) is 5.62. The van der Waals surface area contributed by atoms with E-state index in [-0.39, 0.29) is 6.42 Å². The zero-order valence-corrected chi connectivity index (χ0v) is 12.7. The largest absolute Gasteiger partial charge is 0.480 e. The van der Waals surface area contributed by atoms with Crippen LogP contribution in [0.3, 0.4) is 0 Å². The Hall–Kier alpha value is -1.30. The van der Waals surface area contributed by atoms with E-state index < -0.39 is 24.0 Å². The summed E-state index contributed by atoms with van der Waals surface area (Å²) in [6.45, 7) is 0.520. The summed E-state index contributed by atoms with van der Waals surface area (Å²) in [6, 6.07) is 3.83. The lowest BCUT2D eigenvalue weighted by molar-refractivity contribution is -0.143. The van der Waals surface area contributed by atoms with Gasteiger partial charge in [-0.25, -0.2) is 4.79 Å². The van der Waals surface area contributed by atoms with E-state index in [9.17, 15) is 14.7 Å². The van der Waals surface area contributed by atoms with E-state index in [1.54, 1.807) is 18.2 Å². The van der Waals surface area contributed by atoms with Gasteiger partial charge in [-0.3, -0.25) is 4.79 Å². The molecule has 1 saturated heterocycles. The van der Waals surface area contributed by atoms with Gasteiger partial charge in [0.05, 0.1) is 0 Å². The molecule has 0 unspecified atom stereocenters. The Morgan fingerprint density at radius 3 is 2.57 bits per heavy atom. The van der Waals surface area contributed by atoms with Gasteiger partial charge in [0.1, 0.15) is 12.1 Å². The van der Waals surface area contributed by atoms with Crippen molar-refractivity contribution in [2.24, 2.45) is 0 Å². The maximum absolute atomic E-state index is 12.0. The first-order chi connectivity index (χ1) is 9.99. The maximum Gasteiger partial charge on any atom is 0.326 e. The van der Waals surface area contributed by atoms with Gasteiger partial charge in [-0.1, -0.05) is 29.3 Å². The molecule has 7 heteroatoms. The van der Waals surface area contributed by atoms with Crippen molar-refractivity contribution < 1.29 is 19.4 Å². The Morgan fingerprint density at radius 1 is 1.38 bits per heavy atom. The van der Waals surface area contributed by atoms with Crippen LogP contribution >= 0.6 is 23.2 Å². The van der Waals surface area contributed by atoms with Crippen LogP contribution in [-0.2, 0) is 20.7 Å². The highest BCUT2D eigenvalue weighted by Crippen LogP contribution is 2.25. The van der Waals surface area contributed by atoms with Crippen LogP contribution < -0.4 is 5.32 Å². The Balaban J connectivity index is 2.09. The predicted molar refractivity (Wildman–Crippen MR) is 78.7 cm³/mol. The number of amides is 1. The van der Waals surface area contributed by atoms with Crippen molar-refractivity contribution in [2.45, 2.75) is 31.4 Å². The van der Waals surface area contributed by atoms with Gasteiger partial charge in [0.2, 0.25) is 5.91 Å². The summed E-state index contributed by atoms with van der Waals surface area (Å²) in [7, 11) is 0. The van der Waals surface area contributed by atoms with Gasteiger partial charge < -0.3 is 15.2 Å². The lowest BCUT2D eigenvalue weighted by Crippen LogP contribution is -2.46. The first-order valence-corrected chi connectivity index (χ1v) is 7.32. The minimum Gasteiger partial charge on any atom is -0.480 e. The van der Waals surface area contributed by atoms with E-state index in [4.69, 9.17) is 27.9 Å². The lowest BCUT2D eigenvalue weighted by atomic mass is 10.1. The number of carboxylic acids is 1. The molecule has 114 valence electrons. The van der Waals surface area contributed by atoms with Crippen molar-refractivity contribution in [1.29, 1.82) is 0 Å². The third-order valence-electron chi connectivity index (χ3n) is 3.31. The fraction of sp³-hybridized carbons (Fsp3) is 0.429. The van der Waals surface area contributed by atoms with Crippen molar-refractivity contribution in [3.63, 3.8) is 0 Å². The van der Waals surface area contributed by atoms with E-state index in [0.29, 0.717) is 28.6 Å². The van der Waals surface area contributed by atoms with Gasteiger partial charge >= 0.3 is 5.97 Å². The molecular weight excluding hydrogens is 317 g/mol. The summed E-state index contributed by atoms with van der Waals surface area (Å²) in [4.78, 5) is 23.3. The third-order valence-corrected chi connectivity index (χ3v) is 4.01. The van der Waals surface area contributed by atoms with Crippen LogP contribution in [0.25, 0.3) is 0 Å². The average Bonchev–Trinajstić information content (AvgIpc) is 2.95. The van der Waals surface area contributed by atoms with Crippen LogP contribution in [0.4, 0.5) is 0 Å². The van der Waals surface area contributed by atoms with Crippen molar-refractivity contribution in [1.82, 2.24) is 5.32 Å². The summed E-state index contributed by atoms with van der Waals surface area (Å²) in [5, 5.41) is 12.5. The van der Waals surface area contributed by atoms with Crippen LogP contribution in [0, 0.1) is 0 Å². The summed E-state index contributed by atoms with van der Waals surface area (Å²) in [6.07, 6.45) is 0.845. The van der Waals surface area contributed by atoms with Crippen molar-refractivity contribution in [3.8, 4) is 0 Å². The lowest BCUT2D eigenvalue weighted by Gasteiger charge is -2.18. The molecule has 1 aromatic rings. The van der Waals surface area contributed by atoms with E-state index in [1.165, 1.54) is 0 Å². The van der Waals surface area contributed by atoms with Crippen molar-refractivity contribution >= 4 is 35.1 Å². The molecule has 1 fully saturated rings. The maximum atomic E-state index is 12.0. The number of halogens is 2. The average molecular weight is 332 g/mol. The number of carbonyl (C=O) groups is 2. The molecule has 0 bridgehead atoms. The van der Waals surface area contributed by atoms with Crippen LogP contribution in [0.1, 0.15) is 18.4 Å². The SMILES string of the molecule is O=C(N[C@H](Cc1c(Cl)cccc1Cl)C(=O)O)[C@@H]1CCCO1. The van der Waals surface area contributed by atoms with Crippen molar-refractivity contribution in [3.05, 3.63) is 33.8 Å². The quantitative estimate of drug-likeness (QED) is 0.867. The molecule has 0 radical (unpaired) electrons. The molecule has 1 aromatic carbocycles. The van der Waals surface area contributed by atoms with E-state index in [1.807, 2.05) is 0 Å². The summed E-state index contributed by atoms with van der Waals surface area (Å²) >= 11 is 12.1. The molecule has 5 nitrogen and oxygen atoms in total. The summed E-state index contributed by atoms with van der Waals surface area (Å²) < 4.78 is 5.24. The van der Waals surface area contributed by atoms with Crippen LogP contribution in [0.2, 0.25) is 10.0 Å². The second kappa shape index (κ2) is 7.11. The molecule has 0 aromatic heterocycles. The molecule has 1 aliphatic heterocycles. The van der Waals surface area contributed by atoms with Crippen molar-refractivity contribution in [2.75, 3.05) is 6.61 Å². The monoisotopic (exact) mass is 331 g/mol. The molecule has 2 rings (SSSR count). The number of ether oxygens (including phenoxy) is 1. The number of hydrogen-bond acceptors (Lipinski definition) is 3. The van der Waals surface area contributed by atoms with Gasteiger partial charge in [0.25, 0.3) is 0 Å². The van der Waals surface area contributed by atoms with Crippen LogP contribution in [0.5, 0.6) is 0 Å². The van der Waals surface area contributed by atoms with Gasteiger partial charge in [-0.2, -0.15) is 0 Å². The molecule has 2 N–H and O–H groups in total. The van der Waals surface area contributed by atoms with Gasteiger partial charge in [0.15, 0.2) is 0 Å². The van der Waals surface area contributed by atoms with Crippen LogP contribution in [0.15, 0.2) is 18.2 Å². The number of carbonyl (C=O) groups excluding carboxylic acids is 1. The Morgan fingerprint density at radius 2 is 2.05 bits per heavy atom. The molecule has 1 aliphatic rings. The van der Waals surface area contributed by atoms with Gasteiger partial charge in [-0.15, -0.1) is 0 Å². The number of benzene rings is 1. The highest BCUT2D eigenvalue weighted by molar-refractivity contribution is 6.36. The van der Waals surface area contributed by atoms with E-state index in [0.717, 1.165) is 6.42 Å². The highest BCUT2D eigenvalue weighted by Gasteiger charge is 2.29. The highest BCUT2D eigenvalue weighted by atomic mass is 35.5. The fourth-order valence-corrected chi connectivity index (χ4v) is 2.73. The van der Waals surface area contributed by atoms with E-state index >= 15 is 0 Å². The molecule has 0 aliphatic carbocycles. The zero-order chi connectivity index (χ0) is 15.4. The number of nitrogens with one attached hydrogen (secondary N) is 1. The minimum atomic E-state index is -1.14. The minimum absolute atomic E-state index is 0.0201. The second-order valence-electron chi connectivity index (χ2n) is 4.81. The van der Waals surface area contributed by atoms with Gasteiger partial charge in [-0.05, 0) is 30.5 Å². The molecule has 1 heterocycles. The summed E-state index contributed by atoms with van der Waals surface area (Å²) in [5.41, 5.74) is 0.501. The molecule has 0 spiro atoms. The predicted octanol–water partition coefficient (Wildman–Crippen LogP) is 2.28. The van der Waals surface area contributed by atoms with Gasteiger partial charge in [0, 0.05) is 23.1 Å². The molecule has 0 saturated carbocycles. The van der Waals surface area contributed by atoms with E-state index in [2.05, 4.69) is 5.32 Å². The first-order valence-electron chi connectivity index (χ1n) is 6.56. The zero-order valence-electron chi connectivity index (χ0n) is 11.1. The number of hydrogen-bond donors (Lipinski definition) is 2. The Bertz CT molecular complexity index is 524. The summed E-state index contributed by atoms with van der Waals surface area (Å²) in [5.74, 6) is -1.56. The normalized spacial score (nSPS) is 19.2. The number of rotatable bonds is 5. The fourth-order valence-electron chi connectivity index (χ4n) is 2.18. The first kappa shape index (κ1) is 16.1. The topological polar surface area (TPSA) is 75.6 Å². The number of aliphatic carboxylic acids is 1.